The molecule has 0 saturated heterocycles. The summed E-state index contributed by atoms with van der Waals surface area (Å²) >= 11 is 0. The van der Waals surface area contributed by atoms with Crippen molar-refractivity contribution in [1.29, 1.82) is 0 Å². The van der Waals surface area contributed by atoms with Crippen molar-refractivity contribution in [3.8, 4) is 0 Å². The van der Waals surface area contributed by atoms with Crippen LogP contribution in [0.1, 0.15) is 112 Å². The van der Waals surface area contributed by atoms with Crippen LogP contribution < -0.4 is 0 Å². The summed E-state index contributed by atoms with van der Waals surface area (Å²) in [6, 6.07) is 0. The van der Waals surface area contributed by atoms with Crippen LogP contribution in [-0.4, -0.2) is 5.11 Å². The molecular formula is C28H48O. The second-order valence-electron chi connectivity index (χ2n) is 12.5. The van der Waals surface area contributed by atoms with Crippen molar-refractivity contribution < 1.29 is 5.11 Å². The predicted molar refractivity (Wildman–Crippen MR) is 124 cm³/mol. The molecular weight excluding hydrogens is 352 g/mol. The Hall–Kier alpha value is -0.460. The van der Waals surface area contributed by atoms with E-state index in [-0.39, 0.29) is 0 Å². The van der Waals surface area contributed by atoms with Crippen LogP contribution in [0.25, 0.3) is 0 Å². The van der Waals surface area contributed by atoms with Crippen molar-refractivity contribution >= 4 is 0 Å². The fraction of sp³-hybridized carbons (Fsp3) is 0.929. The molecule has 4 rings (SSSR count). The zero-order valence-corrected chi connectivity index (χ0v) is 20.1. The third kappa shape index (κ3) is 3.61. The molecule has 0 amide bonds. The van der Waals surface area contributed by atoms with Crippen LogP contribution >= 0.6 is 0 Å². The van der Waals surface area contributed by atoms with Gasteiger partial charge in [0.05, 0.1) is 6.26 Å². The van der Waals surface area contributed by atoms with Crippen LogP contribution in [0.5, 0.6) is 0 Å². The van der Waals surface area contributed by atoms with E-state index in [9.17, 15) is 5.11 Å². The van der Waals surface area contributed by atoms with Crippen molar-refractivity contribution in [2.75, 3.05) is 0 Å². The normalized spacial score (nSPS) is 47.1. The highest BCUT2D eigenvalue weighted by molar-refractivity contribution is 5.09. The molecule has 0 aromatic carbocycles. The van der Waals surface area contributed by atoms with Gasteiger partial charge >= 0.3 is 0 Å². The Bertz CT molecular complexity index is 607. The summed E-state index contributed by atoms with van der Waals surface area (Å²) in [6.45, 7) is 12.3. The molecule has 1 heteroatoms. The first-order valence-corrected chi connectivity index (χ1v) is 13.1. The molecule has 9 atom stereocenters. The van der Waals surface area contributed by atoms with E-state index in [1.54, 1.807) is 6.42 Å². The van der Waals surface area contributed by atoms with Crippen LogP contribution in [0.2, 0.25) is 0 Å². The molecule has 0 heterocycles. The molecule has 4 saturated carbocycles. The molecule has 1 unspecified atom stereocenters. The lowest BCUT2D eigenvalue weighted by Crippen LogP contribution is -2.53. The van der Waals surface area contributed by atoms with E-state index in [4.69, 9.17) is 0 Å². The van der Waals surface area contributed by atoms with Crippen LogP contribution in [0.15, 0.2) is 11.8 Å². The van der Waals surface area contributed by atoms with Gasteiger partial charge in [-0.15, -0.1) is 0 Å². The van der Waals surface area contributed by atoms with Gasteiger partial charge < -0.3 is 5.11 Å². The Morgan fingerprint density at radius 1 is 0.897 bits per heavy atom. The Kier molecular flexibility index (Phi) is 6.18. The summed E-state index contributed by atoms with van der Waals surface area (Å²) in [5.41, 5.74) is 2.42. The molecule has 4 aliphatic rings. The topological polar surface area (TPSA) is 20.2 Å². The predicted octanol–water partition coefficient (Wildman–Crippen LogP) is 8.55. The lowest BCUT2D eigenvalue weighted by atomic mass is 9.44. The quantitative estimate of drug-likeness (QED) is 0.458. The molecule has 0 bridgehead atoms. The number of rotatable bonds is 5. The first kappa shape index (κ1) is 21.8. The fourth-order valence-electron chi connectivity index (χ4n) is 9.34. The van der Waals surface area contributed by atoms with Crippen LogP contribution in [0, 0.1) is 52.3 Å². The van der Waals surface area contributed by atoms with Crippen molar-refractivity contribution in [2.24, 2.45) is 52.3 Å². The fourth-order valence-corrected chi connectivity index (χ4v) is 9.34. The van der Waals surface area contributed by atoms with Gasteiger partial charge in [-0.3, -0.25) is 0 Å². The molecule has 0 spiro atoms. The van der Waals surface area contributed by atoms with E-state index < -0.39 is 0 Å². The van der Waals surface area contributed by atoms with Gasteiger partial charge in [-0.25, -0.2) is 0 Å². The van der Waals surface area contributed by atoms with Gasteiger partial charge in [0, 0.05) is 0 Å². The second-order valence-corrected chi connectivity index (χ2v) is 12.5. The molecule has 29 heavy (non-hydrogen) atoms. The number of fused-ring (bicyclic) bond motifs is 5. The van der Waals surface area contributed by atoms with Gasteiger partial charge in [-0.2, -0.15) is 0 Å². The number of hydrogen-bond acceptors (Lipinski definition) is 1. The maximum Gasteiger partial charge on any atom is 0.0783 e. The zero-order chi connectivity index (χ0) is 20.8. The van der Waals surface area contributed by atoms with Gasteiger partial charge in [-0.1, -0.05) is 40.5 Å². The van der Waals surface area contributed by atoms with Crippen LogP contribution in [-0.2, 0) is 0 Å². The highest BCUT2D eigenvalue weighted by Crippen LogP contribution is 2.68. The van der Waals surface area contributed by atoms with Crippen LogP contribution in [0.3, 0.4) is 0 Å². The highest BCUT2D eigenvalue weighted by Gasteiger charge is 2.60. The first-order valence-electron chi connectivity index (χ1n) is 13.1. The number of hydrogen-bond donors (Lipinski definition) is 1. The van der Waals surface area contributed by atoms with Crippen molar-refractivity contribution in [3.05, 3.63) is 11.8 Å². The molecule has 0 radical (unpaired) electrons. The average Bonchev–Trinajstić information content (AvgIpc) is 3.08. The van der Waals surface area contributed by atoms with Gasteiger partial charge in [0.15, 0.2) is 0 Å². The molecule has 0 aromatic heterocycles. The molecule has 4 fully saturated rings. The summed E-state index contributed by atoms with van der Waals surface area (Å²) in [6.07, 6.45) is 19.0. The second kappa shape index (κ2) is 8.23. The molecule has 0 aliphatic heterocycles. The molecule has 0 aromatic rings. The standard InChI is InChI=1S/C28H48O/c1-19(21(3)18-29)9-10-20(2)24-13-14-25-23-12-11-22-8-6-7-16-27(22,4)26(23)15-17-28(24,25)5/h18-20,22-26,29H,6-17H2,1-5H3/t19-,20-,22?,23+,24-,25+,26+,27+,28-/m1/s1. The monoisotopic (exact) mass is 400 g/mol. The summed E-state index contributed by atoms with van der Waals surface area (Å²) in [7, 11) is 0. The minimum absolute atomic E-state index is 0.518. The SMILES string of the molecule is CC(=CO)[C@H](C)CC[C@@H](C)[C@H]1CC[C@H]2[C@@H]3CCC4CCCC[C@]4(C)[C@H]3CC[C@]12C. The number of aliphatic hydroxyl groups is 1. The highest BCUT2D eigenvalue weighted by atomic mass is 16.2. The summed E-state index contributed by atoms with van der Waals surface area (Å²) in [4.78, 5) is 0. The van der Waals surface area contributed by atoms with E-state index in [1.165, 1.54) is 76.9 Å². The Morgan fingerprint density at radius 2 is 1.66 bits per heavy atom. The maximum absolute atomic E-state index is 9.33. The number of allylic oxidation sites excluding steroid dienone is 1. The van der Waals surface area contributed by atoms with Gasteiger partial charge in [0.25, 0.3) is 0 Å². The zero-order valence-electron chi connectivity index (χ0n) is 20.1. The average molecular weight is 401 g/mol. The van der Waals surface area contributed by atoms with Gasteiger partial charge in [0.1, 0.15) is 0 Å². The third-order valence-electron chi connectivity index (χ3n) is 11.4. The largest absolute Gasteiger partial charge is 0.516 e. The molecule has 4 aliphatic carbocycles. The van der Waals surface area contributed by atoms with Gasteiger partial charge in [-0.05, 0) is 129 Å². The lowest BCUT2D eigenvalue weighted by Gasteiger charge is -2.61. The van der Waals surface area contributed by atoms with E-state index in [0.717, 1.165) is 41.1 Å². The molecule has 166 valence electrons. The number of aliphatic hydroxyl groups excluding tert-OH is 1. The summed E-state index contributed by atoms with van der Waals surface area (Å²) in [5, 5.41) is 9.33. The summed E-state index contributed by atoms with van der Waals surface area (Å²) < 4.78 is 0. The van der Waals surface area contributed by atoms with E-state index in [0.29, 0.717) is 16.7 Å². The minimum Gasteiger partial charge on any atom is -0.516 e. The molecule has 1 nitrogen and oxygen atoms in total. The Labute approximate surface area is 181 Å². The van der Waals surface area contributed by atoms with E-state index in [1.807, 2.05) is 0 Å². The van der Waals surface area contributed by atoms with Crippen molar-refractivity contribution in [2.45, 2.75) is 112 Å². The van der Waals surface area contributed by atoms with Crippen LogP contribution in [0.4, 0.5) is 0 Å². The maximum atomic E-state index is 9.33. The lowest BCUT2D eigenvalue weighted by molar-refractivity contribution is -0.114. The first-order chi connectivity index (χ1) is 13.8. The smallest absolute Gasteiger partial charge is 0.0783 e. The Morgan fingerprint density at radius 3 is 2.41 bits per heavy atom. The minimum atomic E-state index is 0.518. The van der Waals surface area contributed by atoms with Crippen molar-refractivity contribution in [1.82, 2.24) is 0 Å². The third-order valence-corrected chi connectivity index (χ3v) is 11.4. The Balaban J connectivity index is 1.45. The van der Waals surface area contributed by atoms with E-state index in [2.05, 4.69) is 34.6 Å². The summed E-state index contributed by atoms with van der Waals surface area (Å²) in [5.74, 6) is 6.39. The van der Waals surface area contributed by atoms with Gasteiger partial charge in [0.2, 0.25) is 0 Å². The van der Waals surface area contributed by atoms with Crippen molar-refractivity contribution in [3.63, 3.8) is 0 Å². The molecule has 1 N–H and O–H groups in total. The van der Waals surface area contributed by atoms with E-state index >= 15 is 0 Å².